The van der Waals surface area contributed by atoms with E-state index in [1.54, 1.807) is 12.1 Å². The predicted octanol–water partition coefficient (Wildman–Crippen LogP) is 0.989. The summed E-state index contributed by atoms with van der Waals surface area (Å²) in [6, 6.07) is 6.15. The van der Waals surface area contributed by atoms with Crippen LogP contribution in [-0.4, -0.2) is 10.2 Å². The van der Waals surface area contributed by atoms with Crippen LogP contribution in [0, 0.1) is 5.53 Å². The Morgan fingerprint density at radius 2 is 1.45 bits per heavy atom. The number of hydrogen-bond acceptors (Lipinski definition) is 4. The van der Waals surface area contributed by atoms with Gasteiger partial charge in [-0.3, -0.25) is 0 Å². The van der Waals surface area contributed by atoms with Crippen LogP contribution in [0.15, 0.2) is 29.5 Å². The number of phenols is 2. The van der Waals surface area contributed by atoms with Crippen LogP contribution in [0.3, 0.4) is 0 Å². The molecule has 0 saturated heterocycles. The lowest BCUT2D eigenvalue weighted by Gasteiger charge is -1.91. The van der Waals surface area contributed by atoms with E-state index in [2.05, 4.69) is 11.1 Å². The van der Waals surface area contributed by atoms with Gasteiger partial charge in [0.15, 0.2) is 11.5 Å². The van der Waals surface area contributed by atoms with Crippen molar-refractivity contribution in [2.24, 2.45) is 11.1 Å². The molecular weight excluding hydrogens is 146 g/mol. The van der Waals surface area contributed by atoms with E-state index in [0.29, 0.717) is 0 Å². The van der Waals surface area contributed by atoms with Gasteiger partial charge in [0, 0.05) is 0 Å². The zero-order valence-electron chi connectivity index (χ0n) is 5.73. The number of benzene rings is 1. The van der Waals surface area contributed by atoms with Crippen LogP contribution in [0.25, 0.3) is 0 Å². The average molecular weight is 155 g/mol. The highest BCUT2D eigenvalue weighted by atomic mass is 16.3. The molecule has 0 atom stereocenters. The first-order chi connectivity index (χ1) is 5.22. The molecular formula is C6H9N3O2. The summed E-state index contributed by atoms with van der Waals surface area (Å²) in [6.07, 6.45) is 0. The molecule has 0 heterocycles. The fourth-order valence-corrected chi connectivity index (χ4v) is 0.464. The topological polar surface area (TPSA) is 103 Å². The molecule has 5 N–H and O–H groups in total. The first-order valence-corrected chi connectivity index (χ1v) is 2.76. The minimum atomic E-state index is -0.0764. The molecule has 0 aromatic heterocycles. The third kappa shape index (κ3) is 3.74. The number of rotatable bonds is 0. The van der Waals surface area contributed by atoms with Gasteiger partial charge >= 0.3 is 0 Å². The number of aromatic hydroxyl groups is 2. The fraction of sp³-hybridized carbons (Fsp3) is 0. The molecule has 11 heavy (non-hydrogen) atoms. The summed E-state index contributed by atoms with van der Waals surface area (Å²) < 4.78 is 0. The van der Waals surface area contributed by atoms with E-state index in [4.69, 9.17) is 15.7 Å². The third-order valence-electron chi connectivity index (χ3n) is 0.882. The van der Waals surface area contributed by atoms with E-state index < -0.39 is 0 Å². The van der Waals surface area contributed by atoms with E-state index in [1.165, 1.54) is 12.1 Å². The lowest BCUT2D eigenvalue weighted by Crippen LogP contribution is -1.66. The molecule has 0 fully saturated rings. The molecule has 0 aliphatic rings. The Morgan fingerprint density at radius 1 is 1.18 bits per heavy atom. The van der Waals surface area contributed by atoms with E-state index >= 15 is 0 Å². The molecule has 5 heteroatoms. The van der Waals surface area contributed by atoms with Crippen LogP contribution in [0.1, 0.15) is 0 Å². The van der Waals surface area contributed by atoms with Crippen LogP contribution in [-0.2, 0) is 0 Å². The van der Waals surface area contributed by atoms with Crippen molar-refractivity contribution in [2.75, 3.05) is 0 Å². The molecule has 0 aliphatic carbocycles. The Morgan fingerprint density at radius 3 is 1.64 bits per heavy atom. The molecule has 0 aliphatic heterocycles. The van der Waals surface area contributed by atoms with Crippen molar-refractivity contribution >= 4 is 0 Å². The highest BCUT2D eigenvalue weighted by Gasteiger charge is 1.90. The van der Waals surface area contributed by atoms with Crippen molar-refractivity contribution in [2.45, 2.75) is 0 Å². The van der Waals surface area contributed by atoms with Gasteiger partial charge in [-0.1, -0.05) is 17.4 Å². The highest BCUT2D eigenvalue weighted by molar-refractivity contribution is 5.36. The number of nitrogens with one attached hydrogen (secondary N) is 1. The Kier molecular flexibility index (Phi) is 4.22. The molecule has 1 aromatic rings. The predicted molar refractivity (Wildman–Crippen MR) is 39.1 cm³/mol. The number of phenolic OH excluding ortho intramolecular Hbond substituents is 2. The maximum absolute atomic E-state index is 8.67. The van der Waals surface area contributed by atoms with E-state index in [9.17, 15) is 0 Å². The molecule has 0 bridgehead atoms. The molecule has 1 aromatic carbocycles. The van der Waals surface area contributed by atoms with E-state index in [0.717, 1.165) is 0 Å². The first kappa shape index (κ1) is 9.22. The largest absolute Gasteiger partial charge is 0.504 e. The van der Waals surface area contributed by atoms with Gasteiger partial charge in [-0.05, 0) is 12.1 Å². The Bertz CT molecular complexity index is 206. The van der Waals surface area contributed by atoms with Gasteiger partial charge in [-0.25, -0.2) is 0 Å². The van der Waals surface area contributed by atoms with Gasteiger partial charge in [-0.15, -0.1) is 0 Å². The molecule has 1 rings (SSSR count). The second kappa shape index (κ2) is 5.04. The molecule has 0 saturated carbocycles. The van der Waals surface area contributed by atoms with Gasteiger partial charge in [0.05, 0.1) is 0 Å². The molecule has 60 valence electrons. The quantitative estimate of drug-likeness (QED) is 0.194. The molecule has 0 spiro atoms. The summed E-state index contributed by atoms with van der Waals surface area (Å²) in [6.45, 7) is 0. The monoisotopic (exact) mass is 155 g/mol. The van der Waals surface area contributed by atoms with E-state index in [1.807, 2.05) is 0 Å². The van der Waals surface area contributed by atoms with Gasteiger partial charge in [-0.2, -0.15) is 5.53 Å². The second-order valence-electron chi connectivity index (χ2n) is 1.62. The third-order valence-corrected chi connectivity index (χ3v) is 0.882. The van der Waals surface area contributed by atoms with Crippen molar-refractivity contribution in [3.63, 3.8) is 0 Å². The Hall–Kier alpha value is -1.78. The summed E-state index contributed by atoms with van der Waals surface area (Å²) in [7, 11) is 0. The number of para-hydroxylation sites is 2. The minimum Gasteiger partial charge on any atom is -0.504 e. The molecule has 5 nitrogen and oxygen atoms in total. The first-order valence-electron chi connectivity index (χ1n) is 2.76. The van der Waals surface area contributed by atoms with Gasteiger partial charge < -0.3 is 16.1 Å². The summed E-state index contributed by atoms with van der Waals surface area (Å²) in [4.78, 5) is 0. The second-order valence-corrected chi connectivity index (χ2v) is 1.62. The summed E-state index contributed by atoms with van der Waals surface area (Å²) >= 11 is 0. The Labute approximate surface area is 63.6 Å². The average Bonchev–Trinajstić information content (AvgIpc) is 1.97. The Balaban J connectivity index is 0.000000292. The standard InChI is InChI=1S/C6H6O2.H3N3/c7-5-3-1-2-4-6(5)8;1-3-2/h1-4,7-8H;(H3,1,2). The lowest BCUT2D eigenvalue weighted by molar-refractivity contribution is 0.404. The van der Waals surface area contributed by atoms with Gasteiger partial charge in [0.25, 0.3) is 0 Å². The van der Waals surface area contributed by atoms with Gasteiger partial charge in [0.2, 0.25) is 0 Å². The van der Waals surface area contributed by atoms with Crippen LogP contribution >= 0.6 is 0 Å². The van der Waals surface area contributed by atoms with Crippen molar-refractivity contribution in [3.05, 3.63) is 24.3 Å². The van der Waals surface area contributed by atoms with Crippen LogP contribution in [0.5, 0.6) is 11.5 Å². The number of hydrogen-bond donors (Lipinski definition) is 4. The number of nitrogens with two attached hydrogens (primary N) is 1. The van der Waals surface area contributed by atoms with E-state index in [-0.39, 0.29) is 11.5 Å². The maximum Gasteiger partial charge on any atom is 0.157 e. The summed E-state index contributed by atoms with van der Waals surface area (Å²) in [5.41, 5.74) is 5.61. The normalized spacial score (nSPS) is 7.64. The smallest absolute Gasteiger partial charge is 0.157 e. The van der Waals surface area contributed by atoms with Crippen molar-refractivity contribution in [1.82, 2.24) is 0 Å². The van der Waals surface area contributed by atoms with Crippen molar-refractivity contribution < 1.29 is 10.2 Å². The van der Waals surface area contributed by atoms with Crippen LogP contribution in [0.2, 0.25) is 0 Å². The van der Waals surface area contributed by atoms with Crippen LogP contribution in [0.4, 0.5) is 0 Å². The summed E-state index contributed by atoms with van der Waals surface area (Å²) in [5.74, 6) is 3.99. The van der Waals surface area contributed by atoms with Crippen molar-refractivity contribution in [1.29, 1.82) is 5.53 Å². The molecule has 0 radical (unpaired) electrons. The maximum atomic E-state index is 8.67. The molecule has 0 unspecified atom stereocenters. The SMILES string of the molecule is N=NN.Oc1ccccc1O. The summed E-state index contributed by atoms with van der Waals surface area (Å²) in [5, 5.41) is 19.6. The lowest BCUT2D eigenvalue weighted by atomic mass is 10.3. The highest BCUT2D eigenvalue weighted by Crippen LogP contribution is 2.21. The van der Waals surface area contributed by atoms with Gasteiger partial charge in [0.1, 0.15) is 0 Å². The fourth-order valence-electron chi connectivity index (χ4n) is 0.464. The van der Waals surface area contributed by atoms with Crippen molar-refractivity contribution in [3.8, 4) is 11.5 Å². The number of nitrogens with zero attached hydrogens (tertiary/aromatic N) is 1. The van der Waals surface area contributed by atoms with Crippen LogP contribution < -0.4 is 5.84 Å². The zero-order valence-corrected chi connectivity index (χ0v) is 5.73. The zero-order chi connectivity index (χ0) is 8.69. The minimum absolute atomic E-state index is 0.0764. The molecule has 0 amide bonds.